The van der Waals surface area contributed by atoms with Crippen LogP contribution in [0.4, 0.5) is 0 Å². The molecule has 118 valence electrons. The summed E-state index contributed by atoms with van der Waals surface area (Å²) >= 11 is 0. The molecule has 21 heavy (non-hydrogen) atoms. The molecular formula is C14H22N2O5. The van der Waals surface area contributed by atoms with Gasteiger partial charge in [0.1, 0.15) is 11.9 Å². The summed E-state index contributed by atoms with van der Waals surface area (Å²) in [5.41, 5.74) is 0. The van der Waals surface area contributed by atoms with Crippen molar-refractivity contribution in [2.45, 2.75) is 50.4 Å². The van der Waals surface area contributed by atoms with E-state index in [1.807, 2.05) is 0 Å². The first-order chi connectivity index (χ1) is 10.0. The van der Waals surface area contributed by atoms with Crippen molar-refractivity contribution >= 4 is 5.91 Å². The maximum Gasteiger partial charge on any atom is 0.254 e. The monoisotopic (exact) mass is 298 g/mol. The second-order valence-corrected chi connectivity index (χ2v) is 5.40. The molecule has 0 unspecified atom stereocenters. The zero-order chi connectivity index (χ0) is 15.4. The average Bonchev–Trinajstić information content (AvgIpc) is 2.95. The molecule has 0 aliphatic heterocycles. The van der Waals surface area contributed by atoms with Crippen LogP contribution in [0.5, 0.6) is 5.88 Å². The number of likely N-dealkylation sites (N-methyl/N-ethyl adjacent to an activating group) is 1. The van der Waals surface area contributed by atoms with Crippen molar-refractivity contribution in [2.75, 3.05) is 14.2 Å². The molecule has 0 spiro atoms. The minimum atomic E-state index is -0.877. The van der Waals surface area contributed by atoms with Crippen molar-refractivity contribution in [3.63, 3.8) is 0 Å². The summed E-state index contributed by atoms with van der Waals surface area (Å²) in [4.78, 5) is 13.7. The maximum absolute atomic E-state index is 12.2. The van der Waals surface area contributed by atoms with Crippen molar-refractivity contribution < 1.29 is 24.3 Å². The number of carbonyl (C=O) groups is 1. The van der Waals surface area contributed by atoms with E-state index in [2.05, 4.69) is 5.16 Å². The number of aliphatic hydroxyl groups is 2. The van der Waals surface area contributed by atoms with Crippen LogP contribution in [0.15, 0.2) is 10.6 Å². The van der Waals surface area contributed by atoms with E-state index in [9.17, 15) is 15.0 Å². The molecule has 1 heterocycles. The number of rotatable bonds is 5. The first kappa shape index (κ1) is 15.8. The number of ether oxygens (including phenoxy) is 1. The second-order valence-electron chi connectivity index (χ2n) is 5.40. The smallest absolute Gasteiger partial charge is 0.254 e. The predicted molar refractivity (Wildman–Crippen MR) is 73.8 cm³/mol. The lowest BCUT2D eigenvalue weighted by atomic mass is 9.89. The number of hydrogen-bond donors (Lipinski definition) is 2. The highest BCUT2D eigenvalue weighted by Crippen LogP contribution is 2.23. The van der Waals surface area contributed by atoms with Gasteiger partial charge < -0.3 is 24.4 Å². The number of aromatic nitrogens is 1. The highest BCUT2D eigenvalue weighted by molar-refractivity contribution is 5.76. The highest BCUT2D eigenvalue weighted by Gasteiger charge is 2.34. The molecule has 2 rings (SSSR count). The molecule has 0 aromatic carbocycles. The molecule has 2 N–H and O–H groups in total. The average molecular weight is 298 g/mol. The van der Waals surface area contributed by atoms with E-state index in [0.717, 1.165) is 6.42 Å². The Labute approximate surface area is 123 Å². The number of amides is 1. The predicted octanol–water partition coefficient (Wildman–Crippen LogP) is 0.348. The summed E-state index contributed by atoms with van der Waals surface area (Å²) < 4.78 is 9.94. The lowest BCUT2D eigenvalue weighted by Gasteiger charge is -2.37. The van der Waals surface area contributed by atoms with Crippen LogP contribution in [-0.2, 0) is 11.2 Å². The van der Waals surface area contributed by atoms with Gasteiger partial charge in [-0.15, -0.1) is 0 Å². The van der Waals surface area contributed by atoms with Crippen LogP contribution in [-0.4, -0.2) is 58.6 Å². The van der Waals surface area contributed by atoms with Crippen molar-refractivity contribution in [3.05, 3.63) is 11.8 Å². The van der Waals surface area contributed by atoms with Crippen LogP contribution < -0.4 is 4.74 Å². The van der Waals surface area contributed by atoms with Gasteiger partial charge in [0.2, 0.25) is 5.91 Å². The zero-order valence-electron chi connectivity index (χ0n) is 12.4. The SMILES string of the molecule is COc1cc(CCC(=O)N(C)[C@@H]2CCC[C@@H](O)[C@@H]2O)on1. The van der Waals surface area contributed by atoms with Crippen molar-refractivity contribution in [3.8, 4) is 5.88 Å². The molecule has 1 aliphatic rings. The van der Waals surface area contributed by atoms with Crippen molar-refractivity contribution in [1.82, 2.24) is 10.1 Å². The van der Waals surface area contributed by atoms with Gasteiger partial charge in [0.05, 0.1) is 19.3 Å². The fourth-order valence-electron chi connectivity index (χ4n) is 2.66. The zero-order valence-corrected chi connectivity index (χ0v) is 12.4. The highest BCUT2D eigenvalue weighted by atomic mass is 16.5. The number of nitrogens with zero attached hydrogens (tertiary/aromatic N) is 2. The van der Waals surface area contributed by atoms with E-state index in [1.54, 1.807) is 13.1 Å². The topological polar surface area (TPSA) is 96.0 Å². The van der Waals surface area contributed by atoms with Gasteiger partial charge in [0.15, 0.2) is 0 Å². The van der Waals surface area contributed by atoms with Gasteiger partial charge in [-0.25, -0.2) is 0 Å². The molecule has 7 heteroatoms. The Hall–Kier alpha value is -1.60. The molecule has 3 atom stereocenters. The third kappa shape index (κ3) is 3.74. The van der Waals surface area contributed by atoms with Crippen LogP contribution in [0.3, 0.4) is 0 Å². The third-order valence-electron chi connectivity index (χ3n) is 4.01. The van der Waals surface area contributed by atoms with Crippen LogP contribution >= 0.6 is 0 Å². The van der Waals surface area contributed by atoms with Crippen LogP contribution in [0.1, 0.15) is 31.4 Å². The number of aryl methyl sites for hydroxylation is 1. The van der Waals surface area contributed by atoms with Crippen molar-refractivity contribution in [1.29, 1.82) is 0 Å². The first-order valence-electron chi connectivity index (χ1n) is 7.14. The molecule has 1 saturated carbocycles. The summed E-state index contributed by atoms with van der Waals surface area (Å²) in [6.45, 7) is 0. The Morgan fingerprint density at radius 3 is 2.95 bits per heavy atom. The summed E-state index contributed by atoms with van der Waals surface area (Å²) in [5, 5.41) is 23.4. The molecule has 1 aromatic heterocycles. The molecule has 1 aliphatic carbocycles. The van der Waals surface area contributed by atoms with E-state index < -0.39 is 12.2 Å². The normalized spacial score (nSPS) is 25.6. The largest absolute Gasteiger partial charge is 0.479 e. The van der Waals surface area contributed by atoms with E-state index in [4.69, 9.17) is 9.26 Å². The van der Waals surface area contributed by atoms with Gasteiger partial charge in [-0.1, -0.05) is 0 Å². The van der Waals surface area contributed by atoms with Gasteiger partial charge in [-0.05, 0) is 24.4 Å². The fraction of sp³-hybridized carbons (Fsp3) is 0.714. The quantitative estimate of drug-likeness (QED) is 0.814. The van der Waals surface area contributed by atoms with Gasteiger partial charge in [-0.3, -0.25) is 4.79 Å². The summed E-state index contributed by atoms with van der Waals surface area (Å²) in [5.74, 6) is 0.873. The Morgan fingerprint density at radius 1 is 1.52 bits per heavy atom. The molecule has 1 aromatic rings. The molecule has 1 amide bonds. The molecule has 0 bridgehead atoms. The van der Waals surface area contributed by atoms with Crippen LogP contribution in [0.25, 0.3) is 0 Å². The fourth-order valence-corrected chi connectivity index (χ4v) is 2.66. The first-order valence-corrected chi connectivity index (χ1v) is 7.14. The Bertz CT molecular complexity index is 476. The van der Waals surface area contributed by atoms with Gasteiger partial charge in [0, 0.05) is 26.0 Å². The van der Waals surface area contributed by atoms with Crippen LogP contribution in [0.2, 0.25) is 0 Å². The molecule has 0 saturated heterocycles. The summed E-state index contributed by atoms with van der Waals surface area (Å²) in [7, 11) is 3.16. The number of methoxy groups -OCH3 is 1. The van der Waals surface area contributed by atoms with Crippen molar-refractivity contribution in [2.24, 2.45) is 0 Å². The standard InChI is InChI=1S/C14H22N2O5/c1-16(10-4-3-5-11(17)14(10)19)13(18)7-6-9-8-12(20-2)15-21-9/h8,10-11,14,17,19H,3-7H2,1-2H3/t10-,11-,14-/m1/s1. The number of aliphatic hydroxyl groups excluding tert-OH is 2. The summed E-state index contributed by atoms with van der Waals surface area (Å²) in [6.07, 6.45) is 1.14. The second kappa shape index (κ2) is 6.91. The number of carbonyl (C=O) groups excluding carboxylic acids is 1. The number of hydrogen-bond acceptors (Lipinski definition) is 6. The molecule has 1 fully saturated rings. The Balaban J connectivity index is 1.87. The minimum Gasteiger partial charge on any atom is -0.479 e. The lowest BCUT2D eigenvalue weighted by molar-refractivity contribution is -0.138. The maximum atomic E-state index is 12.2. The Kier molecular flexibility index (Phi) is 5.19. The van der Waals surface area contributed by atoms with Gasteiger partial charge in [-0.2, -0.15) is 0 Å². The molecular weight excluding hydrogens is 276 g/mol. The lowest BCUT2D eigenvalue weighted by Crippen LogP contribution is -2.51. The van der Waals surface area contributed by atoms with Crippen LogP contribution in [0, 0.1) is 0 Å². The van der Waals surface area contributed by atoms with E-state index >= 15 is 0 Å². The third-order valence-corrected chi connectivity index (χ3v) is 4.01. The molecule has 0 radical (unpaired) electrons. The van der Waals surface area contributed by atoms with E-state index in [0.29, 0.717) is 30.9 Å². The Morgan fingerprint density at radius 2 is 2.29 bits per heavy atom. The minimum absolute atomic E-state index is 0.0940. The van der Waals surface area contributed by atoms with Gasteiger partial charge >= 0.3 is 0 Å². The summed E-state index contributed by atoms with van der Waals surface area (Å²) in [6, 6.07) is 1.32. The van der Waals surface area contributed by atoms with E-state index in [1.165, 1.54) is 12.0 Å². The van der Waals surface area contributed by atoms with Gasteiger partial charge in [0.25, 0.3) is 5.88 Å². The molecule has 7 nitrogen and oxygen atoms in total. The van der Waals surface area contributed by atoms with E-state index in [-0.39, 0.29) is 18.4 Å².